The van der Waals surface area contributed by atoms with Crippen LogP contribution in [0.2, 0.25) is 0 Å². The van der Waals surface area contributed by atoms with Gasteiger partial charge < -0.3 is 30.0 Å². The van der Waals surface area contributed by atoms with Gasteiger partial charge in [0.05, 0.1) is 24.0 Å². The van der Waals surface area contributed by atoms with Crippen molar-refractivity contribution in [3.63, 3.8) is 0 Å². The molecule has 2 aromatic heterocycles. The maximum atomic E-state index is 13.3. The Morgan fingerprint density at radius 1 is 1.05 bits per heavy atom. The molecule has 224 valence electrons. The molecule has 0 atom stereocenters. The number of benzene rings is 2. The number of rotatable bonds is 10. The van der Waals surface area contributed by atoms with Crippen LogP contribution in [0.5, 0.6) is 5.75 Å². The van der Waals surface area contributed by atoms with Crippen LogP contribution in [0.3, 0.4) is 0 Å². The molecule has 3 N–H and O–H groups in total. The number of anilines is 3. The van der Waals surface area contributed by atoms with Crippen molar-refractivity contribution in [2.45, 2.75) is 38.5 Å². The van der Waals surface area contributed by atoms with E-state index in [2.05, 4.69) is 59.9 Å². The Kier molecular flexibility index (Phi) is 7.95. The van der Waals surface area contributed by atoms with E-state index in [0.29, 0.717) is 55.6 Å². The minimum absolute atomic E-state index is 0.0639. The number of carbonyl (C=O) groups is 2. The van der Waals surface area contributed by atoms with Crippen LogP contribution >= 0.6 is 0 Å². The van der Waals surface area contributed by atoms with E-state index in [1.807, 2.05) is 12.1 Å². The van der Waals surface area contributed by atoms with Crippen LogP contribution in [0.15, 0.2) is 47.1 Å². The third-order valence-electron chi connectivity index (χ3n) is 7.78. The molecule has 13 heteroatoms. The zero-order valence-electron chi connectivity index (χ0n) is 24.3. The highest BCUT2D eigenvalue weighted by atomic mass is 16.3. The molecule has 0 bridgehead atoms. The lowest BCUT2D eigenvalue weighted by atomic mass is 10.1. The number of piperazine rings is 1. The quantitative estimate of drug-likeness (QED) is 0.187. The van der Waals surface area contributed by atoms with Crippen molar-refractivity contribution < 1.29 is 19.1 Å². The largest absolute Gasteiger partial charge is 0.507 e. The fraction of sp³-hybridized carbons (Fsp3) is 0.400. The number of phenols is 1. The summed E-state index contributed by atoms with van der Waals surface area (Å²) in [7, 11) is 1.69. The predicted molar refractivity (Wildman–Crippen MR) is 160 cm³/mol. The van der Waals surface area contributed by atoms with Crippen molar-refractivity contribution in [2.24, 2.45) is 7.05 Å². The molecule has 2 amide bonds. The smallest absolute Gasteiger partial charge is 0.277 e. The molecule has 43 heavy (non-hydrogen) atoms. The molecule has 3 heterocycles. The van der Waals surface area contributed by atoms with Gasteiger partial charge in [0.25, 0.3) is 11.8 Å². The van der Waals surface area contributed by atoms with Gasteiger partial charge in [-0.25, -0.2) is 4.98 Å². The molecule has 4 aromatic rings. The molecule has 2 aromatic carbocycles. The summed E-state index contributed by atoms with van der Waals surface area (Å²) in [6, 6.07) is 11.4. The Labute approximate surface area is 248 Å². The number of amides is 2. The van der Waals surface area contributed by atoms with Crippen LogP contribution in [0.25, 0.3) is 0 Å². The lowest BCUT2D eigenvalue weighted by Gasteiger charge is -2.38. The van der Waals surface area contributed by atoms with E-state index in [1.165, 1.54) is 28.4 Å². The zero-order chi connectivity index (χ0) is 29.9. The van der Waals surface area contributed by atoms with Crippen molar-refractivity contribution in [3.05, 3.63) is 71.2 Å². The van der Waals surface area contributed by atoms with Crippen LogP contribution in [-0.2, 0) is 13.5 Å². The molecule has 6 rings (SSSR count). The summed E-state index contributed by atoms with van der Waals surface area (Å²) in [4.78, 5) is 36.6. The summed E-state index contributed by atoms with van der Waals surface area (Å²) >= 11 is 0. The number of hydrogen-bond acceptors (Lipinski definition) is 10. The molecule has 0 unspecified atom stereocenters. The Balaban J connectivity index is 1.19. The first-order chi connectivity index (χ1) is 20.9. The summed E-state index contributed by atoms with van der Waals surface area (Å²) in [6.07, 6.45) is 4.53. The topological polar surface area (TPSA) is 155 Å². The molecular formula is C30H35N9O4. The lowest BCUT2D eigenvalue weighted by Crippen LogP contribution is -2.47. The number of oxazole rings is 1. The molecule has 1 saturated heterocycles. The van der Waals surface area contributed by atoms with Gasteiger partial charge in [-0.1, -0.05) is 18.2 Å². The van der Waals surface area contributed by atoms with Gasteiger partial charge in [-0.3, -0.25) is 9.59 Å². The average molecular weight is 586 g/mol. The van der Waals surface area contributed by atoms with Crippen LogP contribution in [0.4, 0.5) is 17.1 Å². The summed E-state index contributed by atoms with van der Waals surface area (Å²) in [5.74, 6) is 0.377. The summed E-state index contributed by atoms with van der Waals surface area (Å²) in [5, 5.41) is 28.6. The second-order valence-electron chi connectivity index (χ2n) is 11.0. The minimum Gasteiger partial charge on any atom is -0.507 e. The van der Waals surface area contributed by atoms with E-state index < -0.39 is 11.8 Å². The van der Waals surface area contributed by atoms with Crippen LogP contribution in [0.1, 0.15) is 63.3 Å². The summed E-state index contributed by atoms with van der Waals surface area (Å²) in [5.41, 5.74) is 3.69. The number of para-hydroxylation sites is 1. The first-order valence-corrected chi connectivity index (χ1v) is 14.6. The van der Waals surface area contributed by atoms with E-state index in [0.717, 1.165) is 25.9 Å². The molecule has 2 fully saturated rings. The maximum absolute atomic E-state index is 13.3. The van der Waals surface area contributed by atoms with Gasteiger partial charge in [0, 0.05) is 56.8 Å². The van der Waals surface area contributed by atoms with E-state index in [9.17, 15) is 14.7 Å². The van der Waals surface area contributed by atoms with Gasteiger partial charge in [-0.2, -0.15) is 4.80 Å². The number of hydrogen-bond donors (Lipinski definition) is 3. The van der Waals surface area contributed by atoms with E-state index >= 15 is 0 Å². The van der Waals surface area contributed by atoms with Crippen molar-refractivity contribution in [1.82, 2.24) is 30.5 Å². The standard InChI is InChI=1S/C30H35N9O4/c1-19-6-3-4-7-24(19)38-12-14-39(15-13-38)25-17-26(40)21(28(41)31-11-5-8-27-34-36-37(2)35-27)16-22(25)32-29(42)23-18-43-30(33-23)20-9-10-20/h3-4,6-7,16-18,20,40H,5,8-15H2,1-2H3,(H,31,41)(H,32,42). The van der Waals surface area contributed by atoms with Crippen molar-refractivity contribution in [3.8, 4) is 5.75 Å². The summed E-state index contributed by atoms with van der Waals surface area (Å²) < 4.78 is 5.52. The number of tetrazole rings is 1. The molecule has 1 aliphatic heterocycles. The maximum Gasteiger partial charge on any atom is 0.277 e. The average Bonchev–Trinajstić information content (AvgIpc) is 3.58. The van der Waals surface area contributed by atoms with E-state index in [4.69, 9.17) is 4.42 Å². The van der Waals surface area contributed by atoms with Gasteiger partial charge in [0.15, 0.2) is 17.4 Å². The highest BCUT2D eigenvalue weighted by Crippen LogP contribution is 2.39. The zero-order valence-corrected chi connectivity index (χ0v) is 24.3. The number of aromatic nitrogens is 5. The first-order valence-electron chi connectivity index (χ1n) is 14.6. The van der Waals surface area contributed by atoms with Gasteiger partial charge in [-0.15, -0.1) is 10.2 Å². The number of phenolic OH excluding ortho intramolecular Hbond substituents is 1. The Morgan fingerprint density at radius 3 is 2.49 bits per heavy atom. The number of nitrogens with one attached hydrogen (secondary N) is 2. The van der Waals surface area contributed by atoms with Crippen molar-refractivity contribution in [2.75, 3.05) is 47.8 Å². The lowest BCUT2D eigenvalue weighted by molar-refractivity contribution is 0.0949. The van der Waals surface area contributed by atoms with Crippen molar-refractivity contribution in [1.29, 1.82) is 0 Å². The fourth-order valence-corrected chi connectivity index (χ4v) is 5.29. The van der Waals surface area contributed by atoms with Gasteiger partial charge in [0.2, 0.25) is 0 Å². The summed E-state index contributed by atoms with van der Waals surface area (Å²) in [6.45, 7) is 5.29. The van der Waals surface area contributed by atoms with Crippen LogP contribution in [-0.4, -0.2) is 74.8 Å². The van der Waals surface area contributed by atoms with Crippen molar-refractivity contribution >= 4 is 28.9 Å². The third kappa shape index (κ3) is 6.45. The minimum atomic E-state index is -0.450. The molecule has 0 radical (unpaired) electrons. The van der Waals surface area contributed by atoms with Crippen LogP contribution < -0.4 is 20.4 Å². The molecule has 0 spiro atoms. The molecule has 13 nitrogen and oxygen atoms in total. The van der Waals surface area contributed by atoms with Gasteiger partial charge in [-0.05, 0) is 49.1 Å². The molecular weight excluding hydrogens is 550 g/mol. The second kappa shape index (κ2) is 12.1. The Bertz CT molecular complexity index is 1620. The number of aryl methyl sites for hydroxylation is 3. The number of nitrogens with zero attached hydrogens (tertiary/aromatic N) is 7. The molecule has 2 aliphatic rings. The van der Waals surface area contributed by atoms with Gasteiger partial charge >= 0.3 is 0 Å². The second-order valence-corrected chi connectivity index (χ2v) is 11.0. The van der Waals surface area contributed by atoms with E-state index in [-0.39, 0.29) is 22.9 Å². The number of carbonyl (C=O) groups excluding carboxylic acids is 2. The predicted octanol–water partition coefficient (Wildman–Crippen LogP) is 3.03. The normalized spacial score (nSPS) is 15.0. The molecule has 1 aliphatic carbocycles. The van der Waals surface area contributed by atoms with Gasteiger partial charge in [0.1, 0.15) is 12.0 Å². The SMILES string of the molecule is Cc1ccccc1N1CCN(c2cc(O)c(C(=O)NCCCc3nnn(C)n3)cc2NC(=O)c2coc(C3CC3)n2)CC1. The highest BCUT2D eigenvalue weighted by Gasteiger charge is 2.30. The highest BCUT2D eigenvalue weighted by molar-refractivity contribution is 6.07. The monoisotopic (exact) mass is 585 g/mol. The first kappa shape index (κ1) is 28.2. The third-order valence-corrected chi connectivity index (χ3v) is 7.78. The molecule has 1 saturated carbocycles. The van der Waals surface area contributed by atoms with Crippen LogP contribution in [0, 0.1) is 6.92 Å². The van der Waals surface area contributed by atoms with E-state index in [1.54, 1.807) is 13.1 Å². The Hall–Kier alpha value is -4.94. The number of aromatic hydroxyl groups is 1. The Morgan fingerprint density at radius 2 is 1.79 bits per heavy atom. The fourth-order valence-electron chi connectivity index (χ4n) is 5.29.